The number of furan rings is 1. The van der Waals surface area contributed by atoms with Crippen molar-refractivity contribution in [3.05, 3.63) is 42.0 Å². The van der Waals surface area contributed by atoms with Gasteiger partial charge in [0.2, 0.25) is 11.6 Å². The lowest BCUT2D eigenvalue weighted by molar-refractivity contribution is 0.0937. The molecule has 4 heterocycles. The van der Waals surface area contributed by atoms with Gasteiger partial charge in [0.05, 0.1) is 12.8 Å². The number of amides is 1. The second kappa shape index (κ2) is 8.12. The van der Waals surface area contributed by atoms with E-state index in [9.17, 15) is 4.79 Å². The van der Waals surface area contributed by atoms with E-state index in [0.29, 0.717) is 29.8 Å². The van der Waals surface area contributed by atoms with E-state index in [1.54, 1.807) is 12.1 Å². The molecule has 9 heteroatoms. The summed E-state index contributed by atoms with van der Waals surface area (Å²) in [6.07, 6.45) is 3.88. The van der Waals surface area contributed by atoms with Crippen molar-refractivity contribution >= 4 is 11.7 Å². The molecule has 0 aromatic carbocycles. The summed E-state index contributed by atoms with van der Waals surface area (Å²) in [6.45, 7) is 4.44. The van der Waals surface area contributed by atoms with Gasteiger partial charge in [-0.25, -0.2) is 4.98 Å². The van der Waals surface area contributed by atoms with Crippen LogP contribution in [0.5, 0.6) is 5.88 Å². The summed E-state index contributed by atoms with van der Waals surface area (Å²) < 4.78 is 16.0. The van der Waals surface area contributed by atoms with E-state index in [2.05, 4.69) is 25.3 Å². The van der Waals surface area contributed by atoms with Gasteiger partial charge in [-0.2, -0.15) is 4.98 Å². The van der Waals surface area contributed by atoms with Crippen molar-refractivity contribution in [3.8, 4) is 17.4 Å². The summed E-state index contributed by atoms with van der Waals surface area (Å²) in [5, 5.41) is 6.50. The maximum Gasteiger partial charge on any atom is 0.273 e. The minimum atomic E-state index is -0.346. The zero-order valence-corrected chi connectivity index (χ0v) is 15.6. The smallest absolute Gasteiger partial charge is 0.273 e. The van der Waals surface area contributed by atoms with E-state index < -0.39 is 0 Å². The number of carbonyl (C=O) groups is 1. The lowest BCUT2D eigenvalue weighted by atomic mass is 10.3. The average molecular weight is 383 g/mol. The van der Waals surface area contributed by atoms with Crippen molar-refractivity contribution in [3.63, 3.8) is 0 Å². The fourth-order valence-corrected chi connectivity index (χ4v) is 3.04. The highest BCUT2D eigenvalue weighted by Gasteiger charge is 2.16. The lowest BCUT2D eigenvalue weighted by Gasteiger charge is -2.17. The van der Waals surface area contributed by atoms with E-state index in [-0.39, 0.29) is 18.2 Å². The van der Waals surface area contributed by atoms with E-state index in [4.69, 9.17) is 13.7 Å². The molecule has 0 unspecified atom stereocenters. The Morgan fingerprint density at radius 2 is 2.11 bits per heavy atom. The third-order valence-electron chi connectivity index (χ3n) is 4.38. The molecule has 0 atom stereocenters. The fraction of sp³-hybridized carbons (Fsp3) is 0.368. The Kier molecular flexibility index (Phi) is 5.22. The first-order valence-electron chi connectivity index (χ1n) is 9.21. The minimum absolute atomic E-state index is 0.181. The van der Waals surface area contributed by atoms with E-state index in [1.807, 2.05) is 13.0 Å². The van der Waals surface area contributed by atoms with Crippen LogP contribution in [-0.4, -0.2) is 47.3 Å². The van der Waals surface area contributed by atoms with Gasteiger partial charge in [-0.15, -0.1) is 0 Å². The Labute approximate surface area is 161 Å². The van der Waals surface area contributed by atoms with Crippen LogP contribution in [-0.2, 0) is 0 Å². The molecular weight excluding hydrogens is 362 g/mol. The van der Waals surface area contributed by atoms with Crippen LogP contribution in [0, 0.1) is 6.92 Å². The molecular formula is C19H21N5O4. The van der Waals surface area contributed by atoms with Gasteiger partial charge >= 0.3 is 0 Å². The highest BCUT2D eigenvalue weighted by atomic mass is 16.5. The molecule has 1 aliphatic heterocycles. The van der Waals surface area contributed by atoms with E-state index >= 15 is 0 Å². The first-order valence-corrected chi connectivity index (χ1v) is 9.21. The Balaban J connectivity index is 1.28. The minimum Gasteiger partial charge on any atom is -0.476 e. The molecule has 9 nitrogen and oxygen atoms in total. The number of nitrogens with one attached hydrogen (secondary N) is 1. The number of nitrogens with zero attached hydrogens (tertiary/aromatic N) is 4. The number of aromatic nitrogens is 3. The zero-order chi connectivity index (χ0) is 19.3. The number of hydrogen-bond donors (Lipinski definition) is 1. The molecule has 1 amide bonds. The molecule has 0 radical (unpaired) electrons. The summed E-state index contributed by atoms with van der Waals surface area (Å²) in [4.78, 5) is 23.2. The number of ether oxygens (including phenoxy) is 1. The van der Waals surface area contributed by atoms with Gasteiger partial charge in [0, 0.05) is 25.2 Å². The zero-order valence-electron chi connectivity index (χ0n) is 15.6. The predicted octanol–water partition coefficient (Wildman–Crippen LogP) is 2.44. The van der Waals surface area contributed by atoms with Gasteiger partial charge in [0.25, 0.3) is 5.91 Å². The first-order chi connectivity index (χ1) is 13.7. The second-order valence-corrected chi connectivity index (χ2v) is 6.46. The van der Waals surface area contributed by atoms with Crippen LogP contribution in [0.1, 0.15) is 29.2 Å². The molecule has 0 bridgehead atoms. The van der Waals surface area contributed by atoms with Crippen LogP contribution in [0.3, 0.4) is 0 Å². The van der Waals surface area contributed by atoms with E-state index in [1.165, 1.54) is 25.2 Å². The van der Waals surface area contributed by atoms with Crippen LogP contribution in [0.25, 0.3) is 11.5 Å². The first kappa shape index (κ1) is 18.0. The Morgan fingerprint density at radius 3 is 2.89 bits per heavy atom. The largest absolute Gasteiger partial charge is 0.476 e. The van der Waals surface area contributed by atoms with Crippen LogP contribution in [0.15, 0.2) is 39.5 Å². The van der Waals surface area contributed by atoms with Crippen LogP contribution in [0.2, 0.25) is 0 Å². The maximum absolute atomic E-state index is 12.2. The highest BCUT2D eigenvalue weighted by Crippen LogP contribution is 2.22. The normalized spacial score (nSPS) is 13.7. The number of hydrogen-bond acceptors (Lipinski definition) is 8. The SMILES string of the molecule is Cc1nc(OCCNC(=O)c2cc(-c3ccco3)on2)cc(N2CCCC2)n1. The van der Waals surface area contributed by atoms with Crippen molar-refractivity contribution in [1.82, 2.24) is 20.4 Å². The molecule has 28 heavy (non-hydrogen) atoms. The second-order valence-electron chi connectivity index (χ2n) is 6.46. The summed E-state index contributed by atoms with van der Waals surface area (Å²) in [6, 6.07) is 6.84. The molecule has 3 aromatic rings. The molecule has 146 valence electrons. The van der Waals surface area contributed by atoms with Gasteiger partial charge in [-0.1, -0.05) is 5.16 Å². The summed E-state index contributed by atoms with van der Waals surface area (Å²) in [7, 11) is 0. The molecule has 0 spiro atoms. The molecule has 0 aliphatic carbocycles. The van der Waals surface area contributed by atoms with Gasteiger partial charge in [-0.3, -0.25) is 4.79 Å². The van der Waals surface area contributed by atoms with Gasteiger partial charge in [0.15, 0.2) is 11.5 Å². The Bertz CT molecular complexity index is 932. The summed E-state index contributed by atoms with van der Waals surface area (Å²) >= 11 is 0. The predicted molar refractivity (Wildman–Crippen MR) is 100 cm³/mol. The third-order valence-corrected chi connectivity index (χ3v) is 4.38. The fourth-order valence-electron chi connectivity index (χ4n) is 3.04. The Hall–Kier alpha value is -3.36. The molecule has 1 aliphatic rings. The van der Waals surface area contributed by atoms with Crippen LogP contribution in [0.4, 0.5) is 5.82 Å². The summed E-state index contributed by atoms with van der Waals surface area (Å²) in [5.74, 6) is 2.63. The molecule has 0 saturated carbocycles. The van der Waals surface area contributed by atoms with Crippen molar-refractivity contribution in [2.45, 2.75) is 19.8 Å². The average Bonchev–Trinajstić information content (AvgIpc) is 3.46. The molecule has 3 aromatic heterocycles. The number of aryl methyl sites for hydroxylation is 1. The number of carbonyl (C=O) groups excluding carboxylic acids is 1. The highest BCUT2D eigenvalue weighted by molar-refractivity contribution is 5.92. The van der Waals surface area contributed by atoms with Gasteiger partial charge in [-0.05, 0) is 31.9 Å². The molecule has 1 saturated heterocycles. The van der Waals surface area contributed by atoms with Crippen LogP contribution >= 0.6 is 0 Å². The lowest BCUT2D eigenvalue weighted by Crippen LogP contribution is -2.28. The van der Waals surface area contributed by atoms with Crippen molar-refractivity contribution in [2.75, 3.05) is 31.1 Å². The standard InChI is InChI=1S/C19H21N5O4/c1-13-21-17(24-7-2-3-8-24)12-18(22-13)27-10-6-20-19(25)14-11-16(28-23-14)15-5-4-9-26-15/h4-5,9,11-12H,2-3,6-8,10H2,1H3,(H,20,25). The van der Waals surface area contributed by atoms with Crippen molar-refractivity contribution in [2.24, 2.45) is 0 Å². The monoisotopic (exact) mass is 383 g/mol. The quantitative estimate of drug-likeness (QED) is 0.620. The number of anilines is 1. The molecule has 1 N–H and O–H groups in total. The van der Waals surface area contributed by atoms with Crippen molar-refractivity contribution in [1.29, 1.82) is 0 Å². The molecule has 4 rings (SSSR count). The third kappa shape index (κ3) is 4.13. The maximum atomic E-state index is 12.2. The van der Waals surface area contributed by atoms with Crippen LogP contribution < -0.4 is 15.0 Å². The molecule has 1 fully saturated rings. The summed E-state index contributed by atoms with van der Waals surface area (Å²) in [5.41, 5.74) is 0.181. The van der Waals surface area contributed by atoms with Gasteiger partial charge < -0.3 is 23.9 Å². The van der Waals surface area contributed by atoms with E-state index in [0.717, 1.165) is 18.9 Å². The van der Waals surface area contributed by atoms with Crippen molar-refractivity contribution < 1.29 is 18.5 Å². The Morgan fingerprint density at radius 1 is 1.25 bits per heavy atom. The topological polar surface area (TPSA) is 107 Å². The number of rotatable bonds is 7. The van der Waals surface area contributed by atoms with Gasteiger partial charge in [0.1, 0.15) is 18.2 Å².